The van der Waals surface area contributed by atoms with Gasteiger partial charge in [0.05, 0.1) is 0 Å². The first-order chi connectivity index (χ1) is 7.48. The van der Waals surface area contributed by atoms with Gasteiger partial charge in [0, 0.05) is 5.02 Å². The Morgan fingerprint density at radius 1 is 1.12 bits per heavy atom. The van der Waals surface area contributed by atoms with E-state index >= 15 is 0 Å². The molecular formula is C15H19Cl. The van der Waals surface area contributed by atoms with Crippen LogP contribution in [0.1, 0.15) is 45.6 Å². The van der Waals surface area contributed by atoms with Gasteiger partial charge < -0.3 is 0 Å². The van der Waals surface area contributed by atoms with E-state index in [9.17, 15) is 0 Å². The summed E-state index contributed by atoms with van der Waals surface area (Å²) in [5, 5.41) is 0.818. The Morgan fingerprint density at radius 3 is 2.31 bits per heavy atom. The molecule has 0 amide bonds. The van der Waals surface area contributed by atoms with Gasteiger partial charge in [-0.15, -0.1) is 0 Å². The maximum absolute atomic E-state index is 5.92. The molecule has 0 radical (unpaired) electrons. The van der Waals surface area contributed by atoms with E-state index < -0.39 is 0 Å². The van der Waals surface area contributed by atoms with Gasteiger partial charge in [-0.3, -0.25) is 0 Å². The third-order valence-corrected chi connectivity index (χ3v) is 3.76. The van der Waals surface area contributed by atoms with Crippen LogP contribution in [-0.4, -0.2) is 0 Å². The molecule has 2 rings (SSSR count). The van der Waals surface area contributed by atoms with Crippen LogP contribution in [0.5, 0.6) is 0 Å². The second-order valence-electron chi connectivity index (χ2n) is 5.61. The molecule has 1 heteroatoms. The monoisotopic (exact) mass is 234 g/mol. The summed E-state index contributed by atoms with van der Waals surface area (Å²) < 4.78 is 0. The molecule has 0 heterocycles. The average Bonchev–Trinajstić information content (AvgIpc) is 2.19. The highest BCUT2D eigenvalue weighted by atomic mass is 35.5. The highest BCUT2D eigenvalue weighted by molar-refractivity contribution is 6.30. The van der Waals surface area contributed by atoms with Crippen LogP contribution in [0.3, 0.4) is 0 Å². The lowest BCUT2D eigenvalue weighted by atomic mass is 9.73. The van der Waals surface area contributed by atoms with Gasteiger partial charge in [-0.25, -0.2) is 0 Å². The van der Waals surface area contributed by atoms with E-state index in [0.29, 0.717) is 5.41 Å². The van der Waals surface area contributed by atoms with E-state index in [1.807, 2.05) is 12.1 Å². The minimum atomic E-state index is 0.472. The molecule has 0 unspecified atom stereocenters. The molecular weight excluding hydrogens is 216 g/mol. The fourth-order valence-corrected chi connectivity index (χ4v) is 2.76. The van der Waals surface area contributed by atoms with Gasteiger partial charge >= 0.3 is 0 Å². The van der Waals surface area contributed by atoms with Gasteiger partial charge in [-0.2, -0.15) is 0 Å². The standard InChI is InChI=1S/C15H19Cl/c1-11-10-15(2,3)9-8-14(11)12-4-6-13(16)7-5-12/h4-7H,8-10H2,1-3H3. The summed E-state index contributed by atoms with van der Waals surface area (Å²) in [5.41, 5.74) is 4.88. The minimum absolute atomic E-state index is 0.472. The normalized spacial score (nSPS) is 20.0. The predicted molar refractivity (Wildman–Crippen MR) is 71.7 cm³/mol. The Balaban J connectivity index is 2.31. The summed E-state index contributed by atoms with van der Waals surface area (Å²) in [7, 11) is 0. The van der Waals surface area contributed by atoms with Crippen LogP contribution in [0.15, 0.2) is 29.8 Å². The van der Waals surface area contributed by atoms with E-state index in [4.69, 9.17) is 11.6 Å². The molecule has 0 saturated heterocycles. The number of allylic oxidation sites excluding steroid dienone is 2. The van der Waals surface area contributed by atoms with Gasteiger partial charge in [-0.1, -0.05) is 43.2 Å². The molecule has 86 valence electrons. The summed E-state index contributed by atoms with van der Waals surface area (Å²) in [4.78, 5) is 0. The first-order valence-electron chi connectivity index (χ1n) is 5.92. The lowest BCUT2D eigenvalue weighted by Gasteiger charge is -2.32. The van der Waals surface area contributed by atoms with Crippen LogP contribution in [0, 0.1) is 5.41 Å². The number of hydrogen-bond acceptors (Lipinski definition) is 0. The molecule has 1 aliphatic rings. The van der Waals surface area contributed by atoms with Gasteiger partial charge in [0.25, 0.3) is 0 Å². The van der Waals surface area contributed by atoms with Crippen LogP contribution in [-0.2, 0) is 0 Å². The van der Waals surface area contributed by atoms with Crippen molar-refractivity contribution in [2.24, 2.45) is 5.41 Å². The molecule has 0 fully saturated rings. The first-order valence-corrected chi connectivity index (χ1v) is 6.30. The van der Waals surface area contributed by atoms with Crippen molar-refractivity contribution in [3.8, 4) is 0 Å². The molecule has 0 nitrogen and oxygen atoms in total. The van der Waals surface area contributed by atoms with Crippen LogP contribution in [0.2, 0.25) is 5.02 Å². The zero-order valence-electron chi connectivity index (χ0n) is 10.3. The van der Waals surface area contributed by atoms with Gasteiger partial charge in [0.2, 0.25) is 0 Å². The summed E-state index contributed by atoms with van der Waals surface area (Å²) in [6, 6.07) is 8.24. The summed E-state index contributed by atoms with van der Waals surface area (Å²) in [6.07, 6.45) is 3.69. The van der Waals surface area contributed by atoms with E-state index in [-0.39, 0.29) is 0 Å². The Bertz CT molecular complexity index is 410. The molecule has 1 aromatic rings. The van der Waals surface area contributed by atoms with Crippen molar-refractivity contribution in [3.63, 3.8) is 0 Å². The highest BCUT2D eigenvalue weighted by Gasteiger charge is 2.25. The largest absolute Gasteiger partial charge is 0.0843 e. The van der Waals surface area contributed by atoms with Gasteiger partial charge in [0.15, 0.2) is 0 Å². The van der Waals surface area contributed by atoms with Crippen LogP contribution < -0.4 is 0 Å². The molecule has 0 atom stereocenters. The lowest BCUT2D eigenvalue weighted by molar-refractivity contribution is 0.325. The Labute approximate surface area is 103 Å². The zero-order valence-corrected chi connectivity index (χ0v) is 11.1. The van der Waals surface area contributed by atoms with Crippen molar-refractivity contribution in [1.29, 1.82) is 0 Å². The molecule has 0 saturated carbocycles. The van der Waals surface area contributed by atoms with Crippen molar-refractivity contribution in [3.05, 3.63) is 40.4 Å². The molecule has 0 N–H and O–H groups in total. The number of hydrogen-bond donors (Lipinski definition) is 0. The summed E-state index contributed by atoms with van der Waals surface area (Å²) in [6.45, 7) is 6.98. The van der Waals surface area contributed by atoms with Crippen molar-refractivity contribution in [2.75, 3.05) is 0 Å². The van der Waals surface area contributed by atoms with Gasteiger partial charge in [0.1, 0.15) is 0 Å². The fourth-order valence-electron chi connectivity index (χ4n) is 2.63. The molecule has 1 aliphatic carbocycles. The second-order valence-corrected chi connectivity index (χ2v) is 6.04. The zero-order chi connectivity index (χ0) is 11.8. The van der Waals surface area contributed by atoms with Crippen LogP contribution >= 0.6 is 11.6 Å². The van der Waals surface area contributed by atoms with Crippen molar-refractivity contribution in [1.82, 2.24) is 0 Å². The van der Waals surface area contributed by atoms with E-state index in [2.05, 4.69) is 32.9 Å². The Hall–Kier alpha value is -0.750. The van der Waals surface area contributed by atoms with Crippen LogP contribution in [0.25, 0.3) is 5.57 Å². The molecule has 0 bridgehead atoms. The van der Waals surface area contributed by atoms with E-state index in [1.54, 1.807) is 5.57 Å². The Morgan fingerprint density at radius 2 is 1.75 bits per heavy atom. The number of halogens is 1. The number of benzene rings is 1. The SMILES string of the molecule is CC1=C(c2ccc(Cl)cc2)CCC(C)(C)C1. The summed E-state index contributed by atoms with van der Waals surface area (Å²) in [5.74, 6) is 0. The lowest BCUT2D eigenvalue weighted by Crippen LogP contribution is -2.17. The maximum Gasteiger partial charge on any atom is 0.0406 e. The Kier molecular flexibility index (Phi) is 3.12. The smallest absolute Gasteiger partial charge is 0.0406 e. The minimum Gasteiger partial charge on any atom is -0.0843 e. The predicted octanol–water partition coefficient (Wildman–Crippen LogP) is 5.32. The second kappa shape index (κ2) is 4.25. The first kappa shape index (κ1) is 11.7. The molecule has 0 spiro atoms. The molecule has 0 aromatic heterocycles. The molecule has 0 aliphatic heterocycles. The van der Waals surface area contributed by atoms with Crippen LogP contribution in [0.4, 0.5) is 0 Å². The topological polar surface area (TPSA) is 0 Å². The quantitative estimate of drug-likeness (QED) is 0.617. The summed E-state index contributed by atoms with van der Waals surface area (Å²) >= 11 is 5.92. The fraction of sp³-hybridized carbons (Fsp3) is 0.467. The molecule has 16 heavy (non-hydrogen) atoms. The molecule has 1 aromatic carbocycles. The average molecular weight is 235 g/mol. The number of rotatable bonds is 1. The van der Waals surface area contributed by atoms with Crippen molar-refractivity contribution < 1.29 is 0 Å². The van der Waals surface area contributed by atoms with E-state index in [1.165, 1.54) is 30.4 Å². The third-order valence-electron chi connectivity index (χ3n) is 3.50. The highest BCUT2D eigenvalue weighted by Crippen LogP contribution is 2.42. The van der Waals surface area contributed by atoms with Gasteiger partial charge in [-0.05, 0) is 54.9 Å². The van der Waals surface area contributed by atoms with Crippen molar-refractivity contribution >= 4 is 17.2 Å². The van der Waals surface area contributed by atoms with E-state index in [0.717, 1.165) is 5.02 Å². The third kappa shape index (κ3) is 2.49. The van der Waals surface area contributed by atoms with Crippen molar-refractivity contribution in [2.45, 2.75) is 40.0 Å². The maximum atomic E-state index is 5.92.